The average molecular weight is 304 g/mol. The molecule has 0 aliphatic heterocycles. The Kier molecular flexibility index (Phi) is 4.62. The van der Waals surface area contributed by atoms with Crippen LogP contribution < -0.4 is 24.0 Å². The number of carboxylic acids is 1. The summed E-state index contributed by atoms with van der Waals surface area (Å²) in [5.41, 5.74) is 1.50. The largest absolute Gasteiger partial charge is 1.00 e. The van der Waals surface area contributed by atoms with E-state index in [1.165, 1.54) is 18.2 Å². The van der Waals surface area contributed by atoms with Gasteiger partial charge in [-0.15, -0.1) is 0 Å². The predicted octanol–water partition coefficient (Wildman–Crippen LogP) is -1.81. The summed E-state index contributed by atoms with van der Waals surface area (Å²) in [5.74, 6) is -1.88. The van der Waals surface area contributed by atoms with Crippen molar-refractivity contribution in [3.8, 4) is 0 Å². The van der Waals surface area contributed by atoms with Gasteiger partial charge in [-0.3, -0.25) is 9.59 Å². The Morgan fingerprint density at radius 3 is 1.95 bits per heavy atom. The van der Waals surface area contributed by atoms with E-state index in [2.05, 4.69) is 12.6 Å². The fourth-order valence-electron chi connectivity index (χ4n) is 2.42. The van der Waals surface area contributed by atoms with Gasteiger partial charge in [0.05, 0.1) is 11.2 Å². The maximum absolute atomic E-state index is 12.5. The van der Waals surface area contributed by atoms with Crippen molar-refractivity contribution in [3.05, 3.63) is 70.3 Å². The van der Waals surface area contributed by atoms with Crippen LogP contribution >= 0.6 is 12.6 Å². The summed E-state index contributed by atoms with van der Waals surface area (Å²) in [6.07, 6.45) is 0. The summed E-state index contributed by atoms with van der Waals surface area (Å²) in [7, 11) is 0. The Hall–Kier alpha value is -1.80. The van der Waals surface area contributed by atoms with Crippen LogP contribution in [0.5, 0.6) is 0 Å². The van der Waals surface area contributed by atoms with Gasteiger partial charge in [0.15, 0.2) is 11.6 Å². The average Bonchev–Trinajstić information content (AvgIpc) is 2.51. The minimum absolute atomic E-state index is 0. The zero-order valence-corrected chi connectivity index (χ0v) is 12.6. The molecule has 0 fully saturated rings. The zero-order chi connectivity index (χ0) is 15.1. The van der Waals surface area contributed by atoms with Crippen LogP contribution in [0.15, 0.2) is 42.5 Å². The van der Waals surface area contributed by atoms with E-state index in [9.17, 15) is 19.5 Å². The molecule has 3 rings (SSSR count). The monoisotopic (exact) mass is 304 g/mol. The Labute approximate surface area is 144 Å². The van der Waals surface area contributed by atoms with Gasteiger partial charge in [0.25, 0.3) is 0 Å². The molecular formula is C16H9LiO4S. The molecule has 104 valence electrons. The molecule has 22 heavy (non-hydrogen) atoms. The number of hydrogen-bond donors (Lipinski definition) is 1. The topological polar surface area (TPSA) is 74.3 Å². The van der Waals surface area contributed by atoms with Crippen molar-refractivity contribution in [1.82, 2.24) is 0 Å². The second-order valence-electron chi connectivity index (χ2n) is 4.73. The van der Waals surface area contributed by atoms with Gasteiger partial charge in [0.1, 0.15) is 0 Å². The Morgan fingerprint density at radius 1 is 0.909 bits per heavy atom. The van der Waals surface area contributed by atoms with E-state index in [-0.39, 0.29) is 41.6 Å². The van der Waals surface area contributed by atoms with Gasteiger partial charge in [0, 0.05) is 22.3 Å². The summed E-state index contributed by atoms with van der Waals surface area (Å²) < 4.78 is 0. The number of carboxylic acid groups (broad SMARTS) is 1. The van der Waals surface area contributed by atoms with Crippen molar-refractivity contribution in [2.45, 2.75) is 5.25 Å². The molecule has 0 aromatic heterocycles. The van der Waals surface area contributed by atoms with Crippen LogP contribution in [0, 0.1) is 0 Å². The Morgan fingerprint density at radius 2 is 1.41 bits per heavy atom. The molecule has 0 amide bonds. The van der Waals surface area contributed by atoms with E-state index < -0.39 is 11.2 Å². The molecule has 2 aromatic carbocycles. The van der Waals surface area contributed by atoms with Gasteiger partial charge in [-0.2, -0.15) is 12.6 Å². The van der Waals surface area contributed by atoms with Crippen molar-refractivity contribution in [1.29, 1.82) is 0 Å². The molecular weight excluding hydrogens is 295 g/mol. The second kappa shape index (κ2) is 6.13. The number of carbonyl (C=O) groups is 3. The SMILES string of the molecule is O=C1c2ccccc2C(=O)c2cc(C(S)C(=O)[O-])ccc21.[Li+]. The molecule has 0 bridgehead atoms. The normalized spacial score (nSPS) is 13.7. The standard InChI is InChI=1S/C16H10O4S.Li/c17-13-9-3-1-2-4-10(9)14(18)12-7-8(5-6-11(12)13)15(21)16(19)20;/h1-7,15,21H,(H,19,20);/q;+1/p-1. The summed E-state index contributed by atoms with van der Waals surface area (Å²) in [6, 6.07) is 10.9. The first-order chi connectivity index (χ1) is 10.0. The van der Waals surface area contributed by atoms with Gasteiger partial charge in [-0.05, 0) is 17.7 Å². The molecule has 1 aliphatic rings. The van der Waals surface area contributed by atoms with Gasteiger partial charge < -0.3 is 9.90 Å². The number of carbonyl (C=O) groups excluding carboxylic acids is 3. The third kappa shape index (κ3) is 2.52. The molecule has 1 unspecified atom stereocenters. The van der Waals surface area contributed by atoms with Crippen LogP contribution in [0.4, 0.5) is 0 Å². The molecule has 1 aliphatic carbocycles. The van der Waals surface area contributed by atoms with Gasteiger partial charge in [-0.1, -0.05) is 30.3 Å². The molecule has 0 saturated carbocycles. The molecule has 1 atom stereocenters. The van der Waals surface area contributed by atoms with Crippen LogP contribution in [0.2, 0.25) is 0 Å². The van der Waals surface area contributed by atoms with Crippen LogP contribution in [-0.2, 0) is 4.79 Å². The molecule has 6 heteroatoms. The van der Waals surface area contributed by atoms with Gasteiger partial charge >= 0.3 is 18.9 Å². The van der Waals surface area contributed by atoms with Gasteiger partial charge in [0.2, 0.25) is 0 Å². The first kappa shape index (κ1) is 16.6. The molecule has 0 N–H and O–H groups in total. The van der Waals surface area contributed by atoms with Crippen molar-refractivity contribution in [3.63, 3.8) is 0 Å². The summed E-state index contributed by atoms with van der Waals surface area (Å²) in [5, 5.41) is 9.73. The van der Waals surface area contributed by atoms with Crippen LogP contribution in [0.3, 0.4) is 0 Å². The number of rotatable bonds is 2. The fourth-order valence-corrected chi connectivity index (χ4v) is 2.58. The zero-order valence-electron chi connectivity index (χ0n) is 11.7. The Bertz CT molecular complexity index is 800. The van der Waals surface area contributed by atoms with E-state index in [0.29, 0.717) is 16.7 Å². The summed E-state index contributed by atoms with van der Waals surface area (Å²) in [4.78, 5) is 35.7. The molecule has 0 spiro atoms. The first-order valence-electron chi connectivity index (χ1n) is 6.22. The molecule has 0 saturated heterocycles. The molecule has 4 nitrogen and oxygen atoms in total. The second-order valence-corrected chi connectivity index (χ2v) is 5.25. The number of thiol groups is 1. The smallest absolute Gasteiger partial charge is 0.549 e. The molecule has 2 aromatic rings. The van der Waals surface area contributed by atoms with Crippen molar-refractivity contribution < 1.29 is 38.4 Å². The van der Waals surface area contributed by atoms with Gasteiger partial charge in [-0.25, -0.2) is 0 Å². The minimum Gasteiger partial charge on any atom is -0.549 e. The van der Waals surface area contributed by atoms with Crippen molar-refractivity contribution in [2.75, 3.05) is 0 Å². The maximum Gasteiger partial charge on any atom is 1.00 e. The molecule has 0 radical (unpaired) electrons. The third-order valence-corrected chi connectivity index (χ3v) is 4.00. The van der Waals surface area contributed by atoms with Crippen LogP contribution in [0.1, 0.15) is 42.7 Å². The summed E-state index contributed by atoms with van der Waals surface area (Å²) >= 11 is 3.93. The number of fused-ring (bicyclic) bond motifs is 2. The fraction of sp³-hybridized carbons (Fsp3) is 0.0625. The summed E-state index contributed by atoms with van der Waals surface area (Å²) in [6.45, 7) is 0. The van der Waals surface area contributed by atoms with E-state index in [4.69, 9.17) is 0 Å². The maximum atomic E-state index is 12.5. The van der Waals surface area contributed by atoms with Crippen molar-refractivity contribution in [2.24, 2.45) is 0 Å². The first-order valence-corrected chi connectivity index (χ1v) is 6.73. The predicted molar refractivity (Wildman–Crippen MR) is 76.5 cm³/mol. The van der Waals surface area contributed by atoms with Crippen LogP contribution in [-0.4, -0.2) is 17.5 Å². The number of benzene rings is 2. The molecule has 0 heterocycles. The number of aliphatic carboxylic acids is 1. The number of ketones is 2. The third-order valence-electron chi connectivity index (χ3n) is 3.49. The van der Waals surface area contributed by atoms with E-state index in [1.807, 2.05) is 0 Å². The quantitative estimate of drug-likeness (QED) is 0.447. The van der Waals surface area contributed by atoms with Crippen molar-refractivity contribution >= 4 is 30.2 Å². The number of hydrogen-bond acceptors (Lipinski definition) is 5. The minimum atomic E-state index is -1.35. The van der Waals surface area contributed by atoms with E-state index >= 15 is 0 Å². The Balaban J connectivity index is 0.00000176. The van der Waals surface area contributed by atoms with Crippen LogP contribution in [0.25, 0.3) is 0 Å². The van der Waals surface area contributed by atoms with E-state index in [1.54, 1.807) is 24.3 Å². The van der Waals surface area contributed by atoms with E-state index in [0.717, 1.165) is 0 Å².